The summed E-state index contributed by atoms with van der Waals surface area (Å²) in [6, 6.07) is 12.4. The van der Waals surface area contributed by atoms with E-state index >= 15 is 0 Å². The number of ketones is 1. The van der Waals surface area contributed by atoms with Crippen LogP contribution in [0.3, 0.4) is 0 Å². The first-order valence-corrected chi connectivity index (χ1v) is 6.33. The third-order valence-electron chi connectivity index (χ3n) is 2.64. The molecule has 0 spiro atoms. The van der Waals surface area contributed by atoms with E-state index in [4.69, 9.17) is 16.3 Å². The highest BCUT2D eigenvalue weighted by Crippen LogP contribution is 2.27. The molecule has 2 rings (SSSR count). The van der Waals surface area contributed by atoms with Gasteiger partial charge in [-0.15, -0.1) is 0 Å². The van der Waals surface area contributed by atoms with Crippen LogP contribution in [0.4, 0.5) is 13.2 Å². The molecule has 0 bridgehead atoms. The van der Waals surface area contributed by atoms with Crippen molar-refractivity contribution in [2.75, 3.05) is 0 Å². The molecule has 0 aliphatic rings. The molecule has 21 heavy (non-hydrogen) atoms. The van der Waals surface area contributed by atoms with Gasteiger partial charge < -0.3 is 4.74 Å². The molecule has 0 fully saturated rings. The van der Waals surface area contributed by atoms with E-state index in [1.54, 1.807) is 0 Å². The molecule has 2 aromatic rings. The minimum Gasteiger partial charge on any atom is -0.489 e. The van der Waals surface area contributed by atoms with Crippen LogP contribution in [-0.4, -0.2) is 12.0 Å². The van der Waals surface area contributed by atoms with E-state index in [9.17, 15) is 18.0 Å². The summed E-state index contributed by atoms with van der Waals surface area (Å²) >= 11 is 5.73. The monoisotopic (exact) mass is 314 g/mol. The Labute approximate surface area is 124 Å². The summed E-state index contributed by atoms with van der Waals surface area (Å²) in [5.74, 6) is -1.84. The summed E-state index contributed by atoms with van der Waals surface area (Å²) in [6.07, 6.45) is -4.94. The van der Waals surface area contributed by atoms with Gasteiger partial charge in [0.15, 0.2) is 0 Å². The van der Waals surface area contributed by atoms with Crippen LogP contribution >= 0.6 is 11.6 Å². The fourth-order valence-electron chi connectivity index (χ4n) is 1.68. The molecule has 0 amide bonds. The van der Waals surface area contributed by atoms with Gasteiger partial charge in [-0.25, -0.2) is 0 Å². The lowest BCUT2D eigenvalue weighted by molar-refractivity contribution is -0.0885. The zero-order chi connectivity index (χ0) is 15.5. The normalized spacial score (nSPS) is 11.2. The molecule has 0 radical (unpaired) electrons. The number of Topliss-reactive ketones (excluding diaryl/α,β-unsaturated/α-hetero) is 1. The second-order valence-corrected chi connectivity index (χ2v) is 4.71. The molecule has 6 heteroatoms. The minimum atomic E-state index is -4.94. The van der Waals surface area contributed by atoms with E-state index in [0.29, 0.717) is 0 Å². The van der Waals surface area contributed by atoms with Gasteiger partial charge in [0.1, 0.15) is 12.4 Å². The largest absolute Gasteiger partial charge is 0.489 e. The van der Waals surface area contributed by atoms with Gasteiger partial charge >= 0.3 is 6.18 Å². The van der Waals surface area contributed by atoms with Crippen molar-refractivity contribution in [3.05, 3.63) is 64.7 Å². The van der Waals surface area contributed by atoms with E-state index in [1.165, 1.54) is 6.07 Å². The van der Waals surface area contributed by atoms with E-state index in [-0.39, 0.29) is 17.4 Å². The molecule has 2 nitrogen and oxygen atoms in total. The standard InChI is InChI=1S/C15H10ClF3O2/c16-12-6-11(14(20)15(17,18)19)7-13(8-12)21-9-10-4-2-1-3-5-10/h1-8H,9H2. The summed E-state index contributed by atoms with van der Waals surface area (Å²) in [4.78, 5) is 11.2. The smallest absolute Gasteiger partial charge is 0.454 e. The Morgan fingerprint density at radius 2 is 1.76 bits per heavy atom. The Morgan fingerprint density at radius 3 is 2.38 bits per heavy atom. The summed E-state index contributed by atoms with van der Waals surface area (Å²) < 4.78 is 42.6. The number of alkyl halides is 3. The SMILES string of the molecule is O=C(c1cc(Cl)cc(OCc2ccccc2)c1)C(F)(F)F. The summed E-state index contributed by atoms with van der Waals surface area (Å²) in [5.41, 5.74) is 0.305. The Hall–Kier alpha value is -2.01. The first-order valence-electron chi connectivity index (χ1n) is 5.95. The van der Waals surface area contributed by atoms with Gasteiger partial charge in [-0.3, -0.25) is 4.79 Å². The molecule has 0 saturated carbocycles. The molecule has 110 valence electrons. The maximum Gasteiger partial charge on any atom is 0.454 e. The summed E-state index contributed by atoms with van der Waals surface area (Å²) in [7, 11) is 0. The summed E-state index contributed by atoms with van der Waals surface area (Å²) in [5, 5.41) is 0.00756. The molecule has 0 N–H and O–H groups in total. The maximum atomic E-state index is 12.4. The van der Waals surface area contributed by atoms with Crippen LogP contribution in [0.1, 0.15) is 15.9 Å². The van der Waals surface area contributed by atoms with Crippen LogP contribution in [0.5, 0.6) is 5.75 Å². The molecule has 0 aliphatic heterocycles. The number of benzene rings is 2. The van der Waals surface area contributed by atoms with E-state index < -0.39 is 17.5 Å². The molecule has 0 atom stereocenters. The fraction of sp³-hybridized carbons (Fsp3) is 0.133. The van der Waals surface area contributed by atoms with Gasteiger partial charge in [0.2, 0.25) is 0 Å². The third-order valence-corrected chi connectivity index (χ3v) is 2.86. The lowest BCUT2D eigenvalue weighted by atomic mass is 10.1. The maximum absolute atomic E-state index is 12.4. The van der Waals surface area contributed by atoms with Crippen molar-refractivity contribution in [3.63, 3.8) is 0 Å². The lowest BCUT2D eigenvalue weighted by Gasteiger charge is -2.10. The Balaban J connectivity index is 2.18. The number of hydrogen-bond acceptors (Lipinski definition) is 2. The molecular formula is C15H10ClF3O2. The van der Waals surface area contributed by atoms with Crippen molar-refractivity contribution in [2.45, 2.75) is 12.8 Å². The van der Waals surface area contributed by atoms with Gasteiger partial charge in [-0.1, -0.05) is 41.9 Å². The highest BCUT2D eigenvalue weighted by Gasteiger charge is 2.39. The van der Waals surface area contributed by atoms with Crippen molar-refractivity contribution in [3.8, 4) is 5.75 Å². The van der Waals surface area contributed by atoms with Crippen LogP contribution in [0.25, 0.3) is 0 Å². The molecule has 2 aromatic carbocycles. The lowest BCUT2D eigenvalue weighted by Crippen LogP contribution is -2.22. The number of carbonyl (C=O) groups excluding carboxylic acids is 1. The molecule has 0 aliphatic carbocycles. The number of carbonyl (C=O) groups is 1. The van der Waals surface area contributed by atoms with Crippen molar-refractivity contribution in [1.82, 2.24) is 0 Å². The van der Waals surface area contributed by atoms with Gasteiger partial charge in [-0.2, -0.15) is 13.2 Å². The minimum absolute atomic E-state index is 0.00756. The van der Waals surface area contributed by atoms with Gasteiger partial charge in [-0.05, 0) is 23.8 Å². The average molecular weight is 315 g/mol. The number of ether oxygens (including phenoxy) is 1. The van der Waals surface area contributed by atoms with Gasteiger partial charge in [0.25, 0.3) is 5.78 Å². The summed E-state index contributed by atoms with van der Waals surface area (Å²) in [6.45, 7) is 0.167. The predicted octanol–water partition coefficient (Wildman–Crippen LogP) is 4.66. The first-order chi connectivity index (χ1) is 9.86. The second kappa shape index (κ2) is 6.18. The van der Waals surface area contributed by atoms with Gasteiger partial charge in [0, 0.05) is 10.6 Å². The predicted molar refractivity (Wildman–Crippen MR) is 72.6 cm³/mol. The van der Waals surface area contributed by atoms with E-state index in [0.717, 1.165) is 17.7 Å². The van der Waals surface area contributed by atoms with Crippen LogP contribution in [0, 0.1) is 0 Å². The van der Waals surface area contributed by atoms with Crippen molar-refractivity contribution in [2.24, 2.45) is 0 Å². The Bertz CT molecular complexity index is 639. The van der Waals surface area contributed by atoms with Crippen LogP contribution < -0.4 is 4.74 Å². The van der Waals surface area contributed by atoms with E-state index in [2.05, 4.69) is 0 Å². The van der Waals surface area contributed by atoms with Crippen molar-refractivity contribution >= 4 is 17.4 Å². The first kappa shape index (κ1) is 15.4. The van der Waals surface area contributed by atoms with E-state index in [1.807, 2.05) is 30.3 Å². The number of halogens is 4. The fourth-order valence-corrected chi connectivity index (χ4v) is 1.91. The number of rotatable bonds is 4. The highest BCUT2D eigenvalue weighted by atomic mass is 35.5. The highest BCUT2D eigenvalue weighted by molar-refractivity contribution is 6.31. The molecule has 0 aromatic heterocycles. The van der Waals surface area contributed by atoms with Crippen molar-refractivity contribution < 1.29 is 22.7 Å². The average Bonchev–Trinajstić information content (AvgIpc) is 2.44. The van der Waals surface area contributed by atoms with Gasteiger partial charge in [0.05, 0.1) is 0 Å². The second-order valence-electron chi connectivity index (χ2n) is 4.28. The van der Waals surface area contributed by atoms with Crippen LogP contribution in [0.2, 0.25) is 5.02 Å². The zero-order valence-corrected chi connectivity index (χ0v) is 11.4. The third kappa shape index (κ3) is 4.23. The number of hydrogen-bond donors (Lipinski definition) is 0. The Morgan fingerprint density at radius 1 is 1.10 bits per heavy atom. The quantitative estimate of drug-likeness (QED) is 0.767. The molecule has 0 heterocycles. The molecular weight excluding hydrogens is 305 g/mol. The van der Waals surface area contributed by atoms with Crippen molar-refractivity contribution in [1.29, 1.82) is 0 Å². The zero-order valence-electron chi connectivity index (χ0n) is 10.7. The molecule has 0 saturated heterocycles. The topological polar surface area (TPSA) is 26.3 Å². The molecule has 0 unspecified atom stereocenters. The Kier molecular flexibility index (Phi) is 4.53. The van der Waals surface area contributed by atoms with Crippen LogP contribution in [0.15, 0.2) is 48.5 Å². The van der Waals surface area contributed by atoms with Crippen LogP contribution in [-0.2, 0) is 6.61 Å².